The zero-order valence-corrected chi connectivity index (χ0v) is 23.2. The van der Waals surface area contributed by atoms with Gasteiger partial charge in [-0.3, -0.25) is 14.4 Å². The van der Waals surface area contributed by atoms with E-state index in [1.807, 2.05) is 36.1 Å². The van der Waals surface area contributed by atoms with Gasteiger partial charge in [0.1, 0.15) is 6.04 Å². The molecule has 3 saturated heterocycles. The molecule has 3 atom stereocenters. The molecule has 0 aromatic heterocycles. The zero-order chi connectivity index (χ0) is 27.2. The number of rotatable bonds is 9. The molecule has 3 unspecified atom stereocenters. The fourth-order valence-corrected chi connectivity index (χ4v) is 6.09. The summed E-state index contributed by atoms with van der Waals surface area (Å²) in [4.78, 5) is 59.1. The van der Waals surface area contributed by atoms with Crippen molar-refractivity contribution in [1.82, 2.24) is 20.0 Å². The molecule has 0 aliphatic carbocycles. The van der Waals surface area contributed by atoms with Crippen molar-refractivity contribution >= 4 is 29.3 Å². The number of anilines is 1. The van der Waals surface area contributed by atoms with Gasteiger partial charge in [0, 0.05) is 56.9 Å². The number of benzene rings is 1. The van der Waals surface area contributed by atoms with Gasteiger partial charge < -0.3 is 24.9 Å². The molecule has 1 aromatic rings. The summed E-state index contributed by atoms with van der Waals surface area (Å²) in [5.41, 5.74) is 1.72. The fraction of sp³-hybridized carbons (Fsp3) is 0.655. The average molecular weight is 526 g/mol. The molecular formula is C29H43N5O4. The number of hydrogen-bond donors (Lipinski definition) is 1. The average Bonchev–Trinajstić information content (AvgIpc) is 3.51. The van der Waals surface area contributed by atoms with E-state index in [4.69, 9.17) is 0 Å². The summed E-state index contributed by atoms with van der Waals surface area (Å²) in [5.74, 6) is -0.122. The first-order chi connectivity index (χ1) is 18.3. The Morgan fingerprint density at radius 3 is 2.34 bits per heavy atom. The van der Waals surface area contributed by atoms with E-state index in [2.05, 4.69) is 24.1 Å². The minimum atomic E-state index is -0.512. The van der Waals surface area contributed by atoms with Gasteiger partial charge >= 0.3 is 6.03 Å². The van der Waals surface area contributed by atoms with E-state index < -0.39 is 6.04 Å². The Kier molecular flexibility index (Phi) is 9.28. The van der Waals surface area contributed by atoms with Gasteiger partial charge in [0.25, 0.3) is 5.91 Å². The maximum absolute atomic E-state index is 13.1. The van der Waals surface area contributed by atoms with Gasteiger partial charge in [0.05, 0.1) is 12.6 Å². The molecule has 0 bridgehead atoms. The third-order valence-electron chi connectivity index (χ3n) is 8.32. The topological polar surface area (TPSA) is 93.3 Å². The lowest BCUT2D eigenvalue weighted by Crippen LogP contribution is -2.49. The quantitative estimate of drug-likeness (QED) is 0.535. The summed E-state index contributed by atoms with van der Waals surface area (Å²) in [6, 6.07) is 6.86. The number of carbonyl (C=O) groups excluding carboxylic acids is 4. The van der Waals surface area contributed by atoms with Crippen molar-refractivity contribution in [2.75, 3.05) is 50.7 Å². The normalized spacial score (nSPS) is 21.9. The Hall–Kier alpha value is -3.10. The van der Waals surface area contributed by atoms with E-state index in [0.29, 0.717) is 37.9 Å². The minimum Gasteiger partial charge on any atom is -0.372 e. The molecule has 0 saturated carbocycles. The van der Waals surface area contributed by atoms with E-state index >= 15 is 0 Å². The number of ketones is 1. The first-order valence-electron chi connectivity index (χ1n) is 14.3. The van der Waals surface area contributed by atoms with Crippen molar-refractivity contribution in [1.29, 1.82) is 0 Å². The number of hydrogen-bond acceptors (Lipinski definition) is 5. The van der Waals surface area contributed by atoms with Crippen LogP contribution < -0.4 is 10.2 Å². The molecule has 4 rings (SSSR count). The van der Waals surface area contributed by atoms with Crippen molar-refractivity contribution in [2.24, 2.45) is 5.92 Å². The minimum absolute atomic E-state index is 0.0295. The second kappa shape index (κ2) is 12.6. The van der Waals surface area contributed by atoms with Gasteiger partial charge in [-0.05, 0) is 76.1 Å². The van der Waals surface area contributed by atoms with E-state index in [-0.39, 0.29) is 42.1 Å². The van der Waals surface area contributed by atoms with Crippen LogP contribution in [0, 0.1) is 5.92 Å². The number of nitrogens with one attached hydrogen (secondary N) is 1. The summed E-state index contributed by atoms with van der Waals surface area (Å²) in [6.07, 6.45) is 4.80. The molecule has 38 heavy (non-hydrogen) atoms. The summed E-state index contributed by atoms with van der Waals surface area (Å²) in [6.45, 7) is 10.6. The lowest BCUT2D eigenvalue weighted by atomic mass is 10.0. The van der Waals surface area contributed by atoms with Crippen LogP contribution >= 0.6 is 0 Å². The van der Waals surface area contributed by atoms with Crippen molar-refractivity contribution in [3.05, 3.63) is 29.8 Å². The van der Waals surface area contributed by atoms with Crippen molar-refractivity contribution in [3.63, 3.8) is 0 Å². The van der Waals surface area contributed by atoms with Gasteiger partial charge in [-0.15, -0.1) is 0 Å². The molecule has 1 aromatic carbocycles. The number of nitrogens with zero attached hydrogens (tertiary/aromatic N) is 4. The Labute approximate surface area is 226 Å². The second-order valence-electron chi connectivity index (χ2n) is 10.9. The molecule has 3 aliphatic rings. The van der Waals surface area contributed by atoms with Crippen LogP contribution in [0.5, 0.6) is 0 Å². The lowest BCUT2D eigenvalue weighted by Gasteiger charge is -2.33. The van der Waals surface area contributed by atoms with Crippen LogP contribution in [-0.4, -0.2) is 96.2 Å². The molecule has 9 heteroatoms. The first-order valence-corrected chi connectivity index (χ1v) is 14.3. The molecule has 3 aliphatic heterocycles. The number of amides is 4. The molecule has 1 N–H and O–H groups in total. The number of urea groups is 1. The van der Waals surface area contributed by atoms with Crippen molar-refractivity contribution in [3.8, 4) is 0 Å². The molecule has 3 heterocycles. The number of fused-ring (bicyclic) bond motifs is 1. The molecule has 0 radical (unpaired) electrons. The van der Waals surface area contributed by atoms with Gasteiger partial charge in [0.2, 0.25) is 5.91 Å². The van der Waals surface area contributed by atoms with Crippen molar-refractivity contribution in [2.45, 2.75) is 71.4 Å². The van der Waals surface area contributed by atoms with Gasteiger partial charge in [-0.2, -0.15) is 0 Å². The Bertz CT molecular complexity index is 1000. The predicted molar refractivity (Wildman–Crippen MR) is 147 cm³/mol. The highest BCUT2D eigenvalue weighted by Gasteiger charge is 2.52. The predicted octanol–water partition coefficient (Wildman–Crippen LogP) is 3.14. The first kappa shape index (κ1) is 27.9. The second-order valence-corrected chi connectivity index (χ2v) is 10.9. The number of piperidine rings is 1. The molecular weight excluding hydrogens is 482 g/mol. The highest BCUT2D eigenvalue weighted by molar-refractivity contribution is 5.97. The zero-order valence-electron chi connectivity index (χ0n) is 23.2. The molecule has 9 nitrogen and oxygen atoms in total. The van der Waals surface area contributed by atoms with Crippen LogP contribution in [0.25, 0.3) is 0 Å². The summed E-state index contributed by atoms with van der Waals surface area (Å²) < 4.78 is 0. The van der Waals surface area contributed by atoms with Crippen LogP contribution in [0.2, 0.25) is 0 Å². The van der Waals surface area contributed by atoms with Crippen LogP contribution in [0.3, 0.4) is 0 Å². The van der Waals surface area contributed by atoms with E-state index in [9.17, 15) is 19.2 Å². The fourth-order valence-electron chi connectivity index (χ4n) is 6.09. The third kappa shape index (κ3) is 6.13. The van der Waals surface area contributed by atoms with E-state index in [1.165, 1.54) is 0 Å². The van der Waals surface area contributed by atoms with Crippen LogP contribution in [0.1, 0.15) is 69.7 Å². The van der Waals surface area contributed by atoms with E-state index in [1.54, 1.807) is 9.80 Å². The largest absolute Gasteiger partial charge is 0.372 e. The molecule has 208 valence electrons. The number of carbonyl (C=O) groups is 4. The summed E-state index contributed by atoms with van der Waals surface area (Å²) >= 11 is 0. The highest BCUT2D eigenvalue weighted by Crippen LogP contribution is 2.32. The van der Waals surface area contributed by atoms with E-state index in [0.717, 1.165) is 51.1 Å². The molecule has 4 amide bonds. The van der Waals surface area contributed by atoms with Gasteiger partial charge in [0.15, 0.2) is 5.78 Å². The Balaban J connectivity index is 1.23. The number of likely N-dealkylation sites (tertiary alicyclic amines) is 3. The van der Waals surface area contributed by atoms with Crippen LogP contribution in [0.4, 0.5) is 10.5 Å². The SMILES string of the molecule is CCN(CC)c1ccc(C(=O)NCCC(C)CC(=O)N2CCC3C2C(=O)CN3C(=O)N2CCCCC2)cc1. The Morgan fingerprint density at radius 1 is 1.00 bits per heavy atom. The van der Waals surface area contributed by atoms with Gasteiger partial charge in [-0.25, -0.2) is 4.79 Å². The van der Waals surface area contributed by atoms with Crippen molar-refractivity contribution < 1.29 is 19.2 Å². The summed E-state index contributed by atoms with van der Waals surface area (Å²) in [7, 11) is 0. The standard InChI is InChI=1S/C29H43N5O4/c1-4-31(5-2)23-11-9-22(10-12-23)28(37)30-15-13-21(3)19-26(36)33-18-14-24-27(33)25(35)20-34(24)29(38)32-16-7-6-8-17-32/h9-12,21,24,27H,4-8,13-20H2,1-3H3,(H,30,37). The molecule has 0 spiro atoms. The Morgan fingerprint density at radius 2 is 1.68 bits per heavy atom. The smallest absolute Gasteiger partial charge is 0.320 e. The highest BCUT2D eigenvalue weighted by atomic mass is 16.2. The monoisotopic (exact) mass is 525 g/mol. The van der Waals surface area contributed by atoms with Crippen LogP contribution in [-0.2, 0) is 9.59 Å². The maximum atomic E-state index is 13.1. The maximum Gasteiger partial charge on any atom is 0.320 e. The van der Waals surface area contributed by atoms with Gasteiger partial charge in [-0.1, -0.05) is 6.92 Å². The lowest BCUT2D eigenvalue weighted by molar-refractivity contribution is -0.137. The summed E-state index contributed by atoms with van der Waals surface area (Å²) in [5, 5.41) is 2.96. The third-order valence-corrected chi connectivity index (χ3v) is 8.32. The number of Topliss-reactive ketones (excluding diaryl/α,β-unsaturated/α-hetero) is 1. The van der Waals surface area contributed by atoms with Crippen LogP contribution in [0.15, 0.2) is 24.3 Å². The molecule has 3 fully saturated rings.